The van der Waals surface area contributed by atoms with Gasteiger partial charge in [-0.3, -0.25) is 0 Å². The van der Waals surface area contributed by atoms with Gasteiger partial charge in [0, 0.05) is 0 Å². The van der Waals surface area contributed by atoms with Crippen LogP contribution in [0.1, 0.15) is 36.1 Å². The molecule has 0 amide bonds. The van der Waals surface area contributed by atoms with Crippen LogP contribution in [0.3, 0.4) is 0 Å². The van der Waals surface area contributed by atoms with E-state index >= 15 is 0 Å². The van der Waals surface area contributed by atoms with Crippen molar-refractivity contribution in [3.63, 3.8) is 0 Å². The van der Waals surface area contributed by atoms with Gasteiger partial charge in [0.1, 0.15) is 5.75 Å². The number of halogens is 2. The largest absolute Gasteiger partial charge is 0.493 e. The predicted molar refractivity (Wildman–Crippen MR) is 93.0 cm³/mol. The maximum Gasteiger partial charge on any atom is 0.119 e. The molecule has 0 aliphatic heterocycles. The molecule has 0 radical (unpaired) electrons. The zero-order valence-electron chi connectivity index (χ0n) is 12.6. The number of hydrogen-bond donors (Lipinski definition) is 2. The average Bonchev–Trinajstić information content (AvgIpc) is 3.39. The minimum atomic E-state index is -0.829. The van der Waals surface area contributed by atoms with Crippen LogP contribution in [0.4, 0.5) is 0 Å². The van der Waals surface area contributed by atoms with Crippen molar-refractivity contribution in [1.82, 2.24) is 0 Å². The Bertz CT molecular complexity index is 671. The number of benzene rings is 2. The Labute approximate surface area is 146 Å². The van der Waals surface area contributed by atoms with Gasteiger partial charge in [0.15, 0.2) is 0 Å². The van der Waals surface area contributed by atoms with Gasteiger partial charge < -0.3 is 15.6 Å². The number of ether oxygens (including phenoxy) is 1. The topological polar surface area (TPSA) is 55.5 Å². The van der Waals surface area contributed by atoms with E-state index in [0.717, 1.165) is 23.5 Å². The Morgan fingerprint density at radius 3 is 2.30 bits per heavy atom. The smallest absolute Gasteiger partial charge is 0.119 e. The highest BCUT2D eigenvalue weighted by molar-refractivity contribution is 6.42. The first-order valence-electron chi connectivity index (χ1n) is 7.66. The second-order valence-corrected chi connectivity index (χ2v) is 6.78. The van der Waals surface area contributed by atoms with Crippen molar-refractivity contribution < 1.29 is 9.84 Å². The van der Waals surface area contributed by atoms with Crippen molar-refractivity contribution in [3.8, 4) is 5.75 Å². The summed E-state index contributed by atoms with van der Waals surface area (Å²) in [6.07, 6.45) is 1.69. The Morgan fingerprint density at radius 1 is 1.04 bits per heavy atom. The molecule has 2 aromatic carbocycles. The summed E-state index contributed by atoms with van der Waals surface area (Å²) >= 11 is 11.9. The fraction of sp³-hybridized carbons (Fsp3) is 0.333. The van der Waals surface area contributed by atoms with E-state index < -0.39 is 12.1 Å². The van der Waals surface area contributed by atoms with Crippen LogP contribution >= 0.6 is 23.2 Å². The first kappa shape index (κ1) is 16.6. The van der Waals surface area contributed by atoms with E-state index in [-0.39, 0.29) is 0 Å². The van der Waals surface area contributed by atoms with Gasteiger partial charge >= 0.3 is 0 Å². The Hall–Kier alpha value is -1.26. The predicted octanol–water partition coefficient (Wildman–Crippen LogP) is 4.52. The molecule has 2 aromatic rings. The van der Waals surface area contributed by atoms with Gasteiger partial charge in [0.2, 0.25) is 0 Å². The van der Waals surface area contributed by atoms with E-state index in [1.165, 1.54) is 12.8 Å². The van der Waals surface area contributed by atoms with Crippen molar-refractivity contribution in [3.05, 3.63) is 63.6 Å². The lowest BCUT2D eigenvalue weighted by atomic mass is 9.96. The number of rotatable bonds is 6. The summed E-state index contributed by atoms with van der Waals surface area (Å²) in [4.78, 5) is 0. The van der Waals surface area contributed by atoms with Gasteiger partial charge in [-0.1, -0.05) is 41.4 Å². The van der Waals surface area contributed by atoms with Gasteiger partial charge in [0.25, 0.3) is 0 Å². The first-order valence-corrected chi connectivity index (χ1v) is 8.41. The molecule has 1 aliphatic carbocycles. The third-order valence-electron chi connectivity index (χ3n) is 4.07. The number of aliphatic hydroxyl groups excluding tert-OH is 1. The molecule has 0 unspecified atom stereocenters. The molecule has 23 heavy (non-hydrogen) atoms. The summed E-state index contributed by atoms with van der Waals surface area (Å²) in [7, 11) is 0. The van der Waals surface area contributed by atoms with E-state index in [4.69, 9.17) is 33.7 Å². The molecule has 3 nitrogen and oxygen atoms in total. The minimum Gasteiger partial charge on any atom is -0.493 e. The lowest BCUT2D eigenvalue weighted by Crippen LogP contribution is -2.19. The van der Waals surface area contributed by atoms with Gasteiger partial charge in [-0.2, -0.15) is 0 Å². The normalized spacial score (nSPS) is 16.9. The van der Waals surface area contributed by atoms with Crippen LogP contribution < -0.4 is 10.5 Å². The highest BCUT2D eigenvalue weighted by Gasteiger charge is 2.22. The fourth-order valence-electron chi connectivity index (χ4n) is 2.37. The third-order valence-corrected chi connectivity index (χ3v) is 4.81. The van der Waals surface area contributed by atoms with E-state index in [1.807, 2.05) is 24.3 Å². The minimum absolute atomic E-state index is 0.427. The Morgan fingerprint density at radius 2 is 1.70 bits per heavy atom. The van der Waals surface area contributed by atoms with Crippen LogP contribution in [-0.4, -0.2) is 11.7 Å². The molecule has 0 saturated heterocycles. The molecular weight excluding hydrogens is 333 g/mol. The highest BCUT2D eigenvalue weighted by atomic mass is 35.5. The quantitative estimate of drug-likeness (QED) is 0.804. The standard InChI is InChI=1S/C18H19Cl2NO2/c19-15-8-5-13(9-16(15)20)17(21)18(22)12-3-6-14(7-4-12)23-10-11-1-2-11/h3-9,11,17-18,22H,1-2,10,21H2/t17-,18+/m1/s1. The van der Waals surface area contributed by atoms with Gasteiger partial charge in [0.05, 0.1) is 28.8 Å². The van der Waals surface area contributed by atoms with E-state index in [0.29, 0.717) is 16.0 Å². The van der Waals surface area contributed by atoms with Crippen molar-refractivity contribution in [2.75, 3.05) is 6.61 Å². The van der Waals surface area contributed by atoms with Crippen molar-refractivity contribution >= 4 is 23.2 Å². The highest BCUT2D eigenvalue weighted by Crippen LogP contribution is 2.32. The molecular formula is C18H19Cl2NO2. The summed E-state index contributed by atoms with van der Waals surface area (Å²) in [6.45, 7) is 0.769. The summed E-state index contributed by atoms with van der Waals surface area (Å²) in [5.74, 6) is 1.53. The van der Waals surface area contributed by atoms with Crippen molar-refractivity contribution in [2.45, 2.75) is 25.0 Å². The Kier molecular flexibility index (Phi) is 5.12. The second kappa shape index (κ2) is 7.10. The van der Waals surface area contributed by atoms with Crippen LogP contribution in [0.25, 0.3) is 0 Å². The first-order chi connectivity index (χ1) is 11.0. The molecule has 3 rings (SSSR count). The zero-order chi connectivity index (χ0) is 16.4. The molecule has 1 fully saturated rings. The van der Waals surface area contributed by atoms with E-state index in [9.17, 15) is 5.11 Å². The molecule has 1 aliphatic rings. The van der Waals surface area contributed by atoms with Gasteiger partial charge in [-0.15, -0.1) is 0 Å². The summed E-state index contributed by atoms with van der Waals surface area (Å²) in [6, 6.07) is 12.0. The molecule has 1 saturated carbocycles. The number of hydrogen-bond acceptors (Lipinski definition) is 3. The molecule has 2 atom stereocenters. The van der Waals surface area contributed by atoms with Gasteiger partial charge in [-0.25, -0.2) is 0 Å². The lowest BCUT2D eigenvalue weighted by Gasteiger charge is -2.20. The van der Waals surface area contributed by atoms with E-state index in [2.05, 4.69) is 0 Å². The average molecular weight is 352 g/mol. The molecule has 0 bridgehead atoms. The molecule has 3 N–H and O–H groups in total. The molecule has 0 aromatic heterocycles. The van der Waals surface area contributed by atoms with Crippen LogP contribution in [0.5, 0.6) is 5.75 Å². The second-order valence-electron chi connectivity index (χ2n) is 5.97. The summed E-state index contributed by atoms with van der Waals surface area (Å²) in [5.41, 5.74) is 7.63. The summed E-state index contributed by atoms with van der Waals surface area (Å²) in [5, 5.41) is 11.4. The van der Waals surface area contributed by atoms with Crippen molar-refractivity contribution in [2.24, 2.45) is 11.7 Å². The molecule has 5 heteroatoms. The maximum atomic E-state index is 10.5. The maximum absolute atomic E-state index is 10.5. The molecule has 0 spiro atoms. The van der Waals surface area contributed by atoms with Crippen LogP contribution in [-0.2, 0) is 0 Å². The van der Waals surface area contributed by atoms with Crippen LogP contribution in [0.15, 0.2) is 42.5 Å². The fourth-order valence-corrected chi connectivity index (χ4v) is 2.68. The monoisotopic (exact) mass is 351 g/mol. The van der Waals surface area contributed by atoms with E-state index in [1.54, 1.807) is 18.2 Å². The molecule has 122 valence electrons. The van der Waals surface area contributed by atoms with Crippen LogP contribution in [0.2, 0.25) is 10.0 Å². The third kappa shape index (κ3) is 4.18. The lowest BCUT2D eigenvalue weighted by molar-refractivity contribution is 0.147. The van der Waals surface area contributed by atoms with Crippen molar-refractivity contribution in [1.29, 1.82) is 0 Å². The SMILES string of the molecule is N[C@H](c1ccc(Cl)c(Cl)c1)[C@@H](O)c1ccc(OCC2CC2)cc1. The summed E-state index contributed by atoms with van der Waals surface area (Å²) < 4.78 is 5.69. The number of aliphatic hydroxyl groups is 1. The Balaban J connectivity index is 1.67. The molecule has 0 heterocycles. The number of nitrogens with two attached hydrogens (primary N) is 1. The van der Waals surface area contributed by atoms with Crippen LogP contribution in [0, 0.1) is 5.92 Å². The van der Waals surface area contributed by atoms with Gasteiger partial charge in [-0.05, 0) is 54.2 Å². The zero-order valence-corrected chi connectivity index (χ0v) is 14.1.